The summed E-state index contributed by atoms with van der Waals surface area (Å²) in [4.78, 5) is 18.4. The van der Waals surface area contributed by atoms with Crippen LogP contribution in [0.15, 0.2) is 140 Å². The number of benzene rings is 7. The lowest BCUT2D eigenvalue weighted by molar-refractivity contribution is 0.147. The molecule has 0 aromatic heterocycles. The summed E-state index contributed by atoms with van der Waals surface area (Å²) in [6.07, 6.45) is 8.49. The van der Waals surface area contributed by atoms with Gasteiger partial charge in [0.05, 0.1) is 70.2 Å². The van der Waals surface area contributed by atoms with Crippen LogP contribution in [-0.4, -0.2) is 173 Å². The molecule has 7 saturated heterocycles. The van der Waals surface area contributed by atoms with Gasteiger partial charge in [-0.3, -0.25) is 34.3 Å². The number of likely N-dealkylation sites (tertiary alicyclic amines) is 7. The Morgan fingerprint density at radius 2 is 0.440 bits per heavy atom. The highest BCUT2D eigenvalue weighted by Gasteiger charge is 2.73. The molecule has 14 heterocycles. The van der Waals surface area contributed by atoms with Crippen molar-refractivity contribution in [3.63, 3.8) is 0 Å². The average Bonchev–Trinajstić information content (AvgIpc) is 1.49. The van der Waals surface area contributed by atoms with E-state index in [1.54, 1.807) is 0 Å². The number of nitrogens with zero attached hydrogens (tertiary/aromatic N) is 7. The second-order valence-electron chi connectivity index (χ2n) is 31.0. The zero-order chi connectivity index (χ0) is 60.7. The van der Waals surface area contributed by atoms with Crippen molar-refractivity contribution in [3.05, 3.63) is 206 Å². The van der Waals surface area contributed by atoms with Crippen LogP contribution in [0.2, 0.25) is 0 Å². The Balaban J connectivity index is 0.710. The number of rotatable bonds is 6. The van der Waals surface area contributed by atoms with E-state index in [1.165, 1.54) is 107 Å². The Morgan fingerprint density at radius 3 is 0.747 bits per heavy atom. The van der Waals surface area contributed by atoms with Crippen LogP contribution in [-0.2, 0) is 37.9 Å². The Labute approximate surface area is 536 Å². The number of fused-ring (bicyclic) bond motifs is 22. The first kappa shape index (κ1) is 53.4. The summed E-state index contributed by atoms with van der Waals surface area (Å²) in [5.41, 5.74) is 25.4. The van der Waals surface area contributed by atoms with Crippen molar-refractivity contribution in [2.24, 2.45) is 0 Å². The van der Waals surface area contributed by atoms with E-state index in [9.17, 15) is 0 Å². The maximum absolute atomic E-state index is 4.55. The quantitative estimate of drug-likeness (QED) is 0.0860. The van der Waals surface area contributed by atoms with Gasteiger partial charge >= 0.3 is 0 Å². The minimum atomic E-state index is -0.294. The van der Waals surface area contributed by atoms with Gasteiger partial charge in [0.25, 0.3) is 0 Å². The average molecular weight is 1210 g/mol. The maximum Gasteiger partial charge on any atom is 0.0933 e. The number of para-hydroxylation sites is 7. The lowest BCUT2D eigenvalue weighted by atomic mass is 9.54. The molecule has 21 rings (SSSR count). The fourth-order valence-electron chi connectivity index (χ4n) is 24.4. The maximum atomic E-state index is 4.55. The molecular weight excluding hydrogens is 1120 g/mol. The highest BCUT2D eigenvalue weighted by Crippen LogP contribution is 2.71. The van der Waals surface area contributed by atoms with E-state index in [4.69, 9.17) is 0 Å². The fraction of sp³-hybridized carbons (Fsp3) is 0.455. The van der Waals surface area contributed by atoms with Gasteiger partial charge in [-0.05, 0) is 173 Å². The summed E-state index contributed by atoms with van der Waals surface area (Å²) in [6, 6.07) is 55.7. The van der Waals surface area contributed by atoms with Crippen LogP contribution in [0, 0.1) is 0 Å². The predicted octanol–water partition coefficient (Wildman–Crippen LogP) is 9.90. The summed E-state index contributed by atoms with van der Waals surface area (Å²) in [6.45, 7) is 7.29. The number of anilines is 7. The zero-order valence-electron chi connectivity index (χ0n) is 53.9. The lowest BCUT2D eigenvalue weighted by Gasteiger charge is -2.48. The van der Waals surface area contributed by atoms with E-state index in [-0.39, 0.29) is 81.1 Å². The molecule has 0 spiro atoms. The Morgan fingerprint density at radius 1 is 0.231 bits per heavy atom. The molecular formula is C77H86N14. The molecule has 14 aliphatic rings. The van der Waals surface area contributed by atoms with Crippen molar-refractivity contribution in [2.75, 3.05) is 132 Å². The lowest BCUT2D eigenvalue weighted by Crippen LogP contribution is -2.60. The third-order valence-corrected chi connectivity index (χ3v) is 28.1. The zero-order valence-corrected chi connectivity index (χ0v) is 53.9. The molecule has 14 nitrogen and oxygen atoms in total. The van der Waals surface area contributed by atoms with Crippen LogP contribution in [0.5, 0.6) is 0 Å². The Bertz CT molecular complexity index is 4340. The molecule has 91 heavy (non-hydrogen) atoms. The van der Waals surface area contributed by atoms with Gasteiger partial charge in [-0.2, -0.15) is 0 Å². The molecule has 14 heteroatoms. The molecule has 7 N–H and O–H groups in total. The van der Waals surface area contributed by atoms with Crippen LogP contribution in [0.4, 0.5) is 39.8 Å². The van der Waals surface area contributed by atoms with Crippen molar-refractivity contribution < 1.29 is 0 Å². The van der Waals surface area contributed by atoms with Gasteiger partial charge < -0.3 is 37.2 Å². The molecule has 0 bridgehead atoms. The molecule has 14 atom stereocenters. The van der Waals surface area contributed by atoms with E-state index >= 15 is 0 Å². The topological polar surface area (TPSA) is 107 Å². The van der Waals surface area contributed by atoms with E-state index in [1.807, 2.05) is 0 Å². The van der Waals surface area contributed by atoms with E-state index in [2.05, 4.69) is 260 Å². The molecule has 464 valence electrons. The molecule has 0 aliphatic carbocycles. The third-order valence-electron chi connectivity index (χ3n) is 28.1. The smallest absolute Gasteiger partial charge is 0.0933 e. The van der Waals surface area contributed by atoms with Crippen LogP contribution in [0.1, 0.15) is 112 Å². The predicted molar refractivity (Wildman–Crippen MR) is 365 cm³/mol. The van der Waals surface area contributed by atoms with Crippen LogP contribution in [0.25, 0.3) is 0 Å². The first-order chi connectivity index (χ1) is 44.4. The molecule has 7 aromatic rings. The second-order valence-corrected chi connectivity index (χ2v) is 31.0. The van der Waals surface area contributed by atoms with Crippen LogP contribution < -0.4 is 37.2 Å². The second kappa shape index (κ2) is 17.6. The van der Waals surface area contributed by atoms with Gasteiger partial charge in [-0.1, -0.05) is 127 Å². The fourth-order valence-corrected chi connectivity index (χ4v) is 24.4. The van der Waals surface area contributed by atoms with Crippen molar-refractivity contribution in [3.8, 4) is 0 Å². The molecule has 7 fully saturated rings. The first-order valence-corrected chi connectivity index (χ1v) is 34.5. The van der Waals surface area contributed by atoms with Crippen LogP contribution >= 0.6 is 0 Å². The molecule has 14 aliphatic heterocycles. The molecule has 0 unspecified atom stereocenters. The minimum Gasteiger partial charge on any atom is -0.368 e. The Kier molecular flexibility index (Phi) is 10.3. The highest BCUT2D eigenvalue weighted by atomic mass is 15.4. The van der Waals surface area contributed by atoms with E-state index in [0.29, 0.717) is 0 Å². The third kappa shape index (κ3) is 5.79. The van der Waals surface area contributed by atoms with Gasteiger partial charge in [0.2, 0.25) is 0 Å². The van der Waals surface area contributed by atoms with Crippen molar-refractivity contribution in [1.29, 1.82) is 0 Å². The molecule has 0 radical (unpaired) electrons. The van der Waals surface area contributed by atoms with E-state index in [0.717, 1.165) is 90.8 Å². The summed E-state index contributed by atoms with van der Waals surface area (Å²) < 4.78 is 0. The number of hydrogen-bond donors (Lipinski definition) is 7. The van der Waals surface area contributed by atoms with Gasteiger partial charge in [0, 0.05) is 96.5 Å². The SMILES string of the molecule is CN1CC[C@]2(c3cccc4c3N[C@@H]3N(C)CC[C@]43c3cccc4c3N[C@H]3N(C)CC[C@@]43c3cccc4c3N[C@@H]3N(C)CC[C@]43c3cccc4c3N[C@@H]3N(C)CC[C@]43[C@]34CCN(C)[C@H]3Nc3c([C@@]56CCN(C)[C@@H]5Nc5ccccc56)cccc34)c3ccccc3N[C@H]12. The first-order valence-electron chi connectivity index (χ1n) is 34.5. The highest BCUT2D eigenvalue weighted by molar-refractivity contribution is 5.86. The summed E-state index contributed by atoms with van der Waals surface area (Å²) in [5.74, 6) is 0. The van der Waals surface area contributed by atoms with Gasteiger partial charge in [-0.15, -0.1) is 0 Å². The molecule has 0 saturated carbocycles. The largest absolute Gasteiger partial charge is 0.368 e. The number of hydrogen-bond acceptors (Lipinski definition) is 14. The summed E-state index contributed by atoms with van der Waals surface area (Å²) >= 11 is 0. The molecule has 0 amide bonds. The standard InChI is InChI=1S/C77H86N14/c1-85-38-31-71(45-17-8-10-29-57(45)78-64(71)85)47-19-12-20-48-59(47)80-66-73(48,33-40-87(66)3)49-21-13-22-50-60(49)81-67-74(50,34-41-88(67)4)51-23-14-24-52-61(51)82-68-75(52,35-42-89(68)5)54-26-16-28-56-63(54)84-70-77(56,37-44-91(70)7)76-36-43-90(6)69(76)83-62-53(25-15-27-55(62)76)72-32-39-86(2)65(72)79-58-30-11-9-18-46(58)72/h8-30,64-70,78-84H,31-44H2,1-7H3/t64-,65+,66-,67+,68-,69-,70-,71-,72+,73-,74+,75-,76+,77+/m1/s1. The summed E-state index contributed by atoms with van der Waals surface area (Å²) in [7, 11) is 16.5. The monoisotopic (exact) mass is 1210 g/mol. The summed E-state index contributed by atoms with van der Waals surface area (Å²) in [5, 5.41) is 30.4. The van der Waals surface area contributed by atoms with Gasteiger partial charge in [0.15, 0.2) is 0 Å². The minimum absolute atomic E-state index is 0.0875. The van der Waals surface area contributed by atoms with Crippen molar-refractivity contribution in [1.82, 2.24) is 34.3 Å². The number of nitrogens with one attached hydrogen (secondary N) is 7. The molecule has 7 aromatic carbocycles. The van der Waals surface area contributed by atoms with Crippen molar-refractivity contribution in [2.45, 2.75) is 126 Å². The Hall–Kier alpha value is -7.14. The number of likely N-dealkylation sites (N-methyl/N-ethyl adjacent to an activating group) is 7. The van der Waals surface area contributed by atoms with E-state index < -0.39 is 0 Å². The van der Waals surface area contributed by atoms with Crippen molar-refractivity contribution >= 4 is 39.8 Å². The van der Waals surface area contributed by atoms with Gasteiger partial charge in [-0.25, -0.2) is 0 Å². The normalized spacial score (nSPS) is 38.2. The van der Waals surface area contributed by atoms with Gasteiger partial charge in [0.1, 0.15) is 0 Å². The van der Waals surface area contributed by atoms with Crippen LogP contribution in [0.3, 0.4) is 0 Å².